The molecule has 0 fully saturated rings. The van der Waals surface area contributed by atoms with Crippen LogP contribution in [0.2, 0.25) is 10.0 Å². The topological polar surface area (TPSA) is 20.2 Å². The fraction of sp³-hybridized carbons (Fsp3) is 0.571. The number of aliphatic hydroxyl groups is 1. The van der Waals surface area contributed by atoms with Gasteiger partial charge in [0, 0.05) is 15.6 Å². The van der Waals surface area contributed by atoms with E-state index in [4.69, 9.17) is 23.2 Å². The lowest BCUT2D eigenvalue weighted by Crippen LogP contribution is -2.13. The van der Waals surface area contributed by atoms with Gasteiger partial charge in [-0.3, -0.25) is 0 Å². The molecule has 0 bridgehead atoms. The molecule has 0 heterocycles. The average molecular weight is 275 g/mol. The highest BCUT2D eigenvalue weighted by atomic mass is 35.5. The van der Waals surface area contributed by atoms with Gasteiger partial charge in [0.25, 0.3) is 0 Å². The van der Waals surface area contributed by atoms with Crippen LogP contribution in [0.4, 0.5) is 0 Å². The maximum Gasteiger partial charge on any atom is 0.0833 e. The summed E-state index contributed by atoms with van der Waals surface area (Å²) in [5, 5.41) is 11.6. The molecule has 1 N–H and O–H groups in total. The van der Waals surface area contributed by atoms with Crippen molar-refractivity contribution in [3.8, 4) is 0 Å². The standard InChI is InChI=1S/C14H20Cl2O/c1-3-5-10(6-4-2)14(17)12-9-11(15)7-8-13(12)16/h7-10,14,17H,3-6H2,1-2H3. The molecule has 0 saturated heterocycles. The number of hydrogen-bond acceptors (Lipinski definition) is 1. The zero-order chi connectivity index (χ0) is 12.8. The molecule has 3 heteroatoms. The fourth-order valence-corrected chi connectivity index (χ4v) is 2.61. The summed E-state index contributed by atoms with van der Waals surface area (Å²) in [4.78, 5) is 0. The van der Waals surface area contributed by atoms with Crippen molar-refractivity contribution in [1.29, 1.82) is 0 Å². The van der Waals surface area contributed by atoms with Gasteiger partial charge in [0.1, 0.15) is 0 Å². The summed E-state index contributed by atoms with van der Waals surface area (Å²) in [6.45, 7) is 4.27. The van der Waals surface area contributed by atoms with Crippen LogP contribution in [0.1, 0.15) is 51.2 Å². The molecule has 0 aliphatic heterocycles. The van der Waals surface area contributed by atoms with Gasteiger partial charge in [-0.1, -0.05) is 49.9 Å². The largest absolute Gasteiger partial charge is 0.388 e. The molecule has 96 valence electrons. The Balaban J connectivity index is 2.91. The van der Waals surface area contributed by atoms with E-state index in [9.17, 15) is 5.11 Å². The fourth-order valence-electron chi connectivity index (χ4n) is 2.20. The predicted octanol–water partition coefficient (Wildman–Crippen LogP) is 5.24. The van der Waals surface area contributed by atoms with Gasteiger partial charge >= 0.3 is 0 Å². The number of aliphatic hydroxyl groups excluding tert-OH is 1. The molecule has 1 atom stereocenters. The molecule has 17 heavy (non-hydrogen) atoms. The minimum absolute atomic E-state index is 0.265. The lowest BCUT2D eigenvalue weighted by Gasteiger charge is -2.23. The number of halogens is 2. The summed E-state index contributed by atoms with van der Waals surface area (Å²) in [5.41, 5.74) is 0.756. The first-order valence-electron chi connectivity index (χ1n) is 6.23. The summed E-state index contributed by atoms with van der Waals surface area (Å²) >= 11 is 12.1. The summed E-state index contributed by atoms with van der Waals surface area (Å²) in [6, 6.07) is 5.26. The molecule has 0 saturated carbocycles. The molecule has 1 unspecified atom stereocenters. The van der Waals surface area contributed by atoms with Crippen molar-refractivity contribution in [2.24, 2.45) is 5.92 Å². The molecule has 0 aromatic heterocycles. The molecule has 0 aliphatic rings. The second-order valence-corrected chi connectivity index (χ2v) is 5.29. The third-order valence-electron chi connectivity index (χ3n) is 3.04. The van der Waals surface area contributed by atoms with E-state index in [1.165, 1.54) is 0 Å². The molecule has 0 aliphatic carbocycles. The number of benzene rings is 1. The first-order valence-corrected chi connectivity index (χ1v) is 6.98. The molecule has 1 nitrogen and oxygen atoms in total. The molecular weight excluding hydrogens is 255 g/mol. The van der Waals surface area contributed by atoms with E-state index in [2.05, 4.69) is 13.8 Å². The van der Waals surface area contributed by atoms with E-state index in [0.717, 1.165) is 31.2 Å². The summed E-state index contributed by atoms with van der Waals surface area (Å²) < 4.78 is 0. The highest BCUT2D eigenvalue weighted by Crippen LogP contribution is 2.34. The highest BCUT2D eigenvalue weighted by Gasteiger charge is 2.21. The molecule has 0 amide bonds. The minimum atomic E-state index is -0.513. The van der Waals surface area contributed by atoms with E-state index >= 15 is 0 Å². The van der Waals surface area contributed by atoms with Crippen LogP contribution in [0.25, 0.3) is 0 Å². The summed E-state index contributed by atoms with van der Waals surface area (Å²) in [6.07, 6.45) is 3.65. The quantitative estimate of drug-likeness (QED) is 0.752. The van der Waals surface area contributed by atoms with Crippen LogP contribution < -0.4 is 0 Å². The predicted molar refractivity (Wildman–Crippen MR) is 74.7 cm³/mol. The first kappa shape index (κ1) is 14.8. The smallest absolute Gasteiger partial charge is 0.0833 e. The summed E-state index contributed by atoms with van der Waals surface area (Å²) in [5.74, 6) is 0.265. The van der Waals surface area contributed by atoms with Gasteiger partial charge in [0.05, 0.1) is 6.10 Å². The van der Waals surface area contributed by atoms with E-state index in [-0.39, 0.29) is 5.92 Å². The van der Waals surface area contributed by atoms with Crippen LogP contribution >= 0.6 is 23.2 Å². The second kappa shape index (κ2) is 7.25. The van der Waals surface area contributed by atoms with Gasteiger partial charge in [0.15, 0.2) is 0 Å². The normalized spacial score (nSPS) is 13.1. The summed E-state index contributed by atoms with van der Waals surface area (Å²) in [7, 11) is 0. The van der Waals surface area contributed by atoms with E-state index in [1.54, 1.807) is 18.2 Å². The van der Waals surface area contributed by atoms with Crippen LogP contribution in [0, 0.1) is 5.92 Å². The molecule has 1 aromatic rings. The lowest BCUT2D eigenvalue weighted by molar-refractivity contribution is 0.0965. The molecule has 0 radical (unpaired) electrons. The van der Waals surface area contributed by atoms with Gasteiger partial charge in [-0.05, 0) is 37.0 Å². The third-order valence-corrected chi connectivity index (χ3v) is 3.62. The SMILES string of the molecule is CCCC(CCC)C(O)c1cc(Cl)ccc1Cl. The Kier molecular flexibility index (Phi) is 6.32. The van der Waals surface area contributed by atoms with E-state index in [1.807, 2.05) is 0 Å². The lowest BCUT2D eigenvalue weighted by atomic mass is 9.88. The number of hydrogen-bond donors (Lipinski definition) is 1. The van der Waals surface area contributed by atoms with Crippen molar-refractivity contribution in [3.63, 3.8) is 0 Å². The maximum absolute atomic E-state index is 10.4. The first-order chi connectivity index (χ1) is 8.10. The van der Waals surface area contributed by atoms with Crippen molar-refractivity contribution in [1.82, 2.24) is 0 Å². The van der Waals surface area contributed by atoms with Crippen LogP contribution in [0.5, 0.6) is 0 Å². The van der Waals surface area contributed by atoms with Crippen molar-refractivity contribution < 1.29 is 5.11 Å². The van der Waals surface area contributed by atoms with E-state index < -0.39 is 6.10 Å². The van der Waals surface area contributed by atoms with Crippen molar-refractivity contribution in [3.05, 3.63) is 33.8 Å². The van der Waals surface area contributed by atoms with Crippen molar-refractivity contribution in [2.45, 2.75) is 45.6 Å². The highest BCUT2D eigenvalue weighted by molar-refractivity contribution is 6.33. The van der Waals surface area contributed by atoms with E-state index in [0.29, 0.717) is 10.0 Å². The van der Waals surface area contributed by atoms with Crippen LogP contribution in [-0.2, 0) is 0 Å². The monoisotopic (exact) mass is 274 g/mol. The Labute approximate surface area is 114 Å². The molecule has 0 spiro atoms. The minimum Gasteiger partial charge on any atom is -0.388 e. The van der Waals surface area contributed by atoms with Gasteiger partial charge in [-0.15, -0.1) is 0 Å². The maximum atomic E-state index is 10.4. The Hall–Kier alpha value is -0.240. The third kappa shape index (κ3) is 4.17. The van der Waals surface area contributed by atoms with Gasteiger partial charge < -0.3 is 5.11 Å². The molecular formula is C14H20Cl2O. The van der Waals surface area contributed by atoms with Gasteiger partial charge in [-0.25, -0.2) is 0 Å². The van der Waals surface area contributed by atoms with Gasteiger partial charge in [0.2, 0.25) is 0 Å². The Morgan fingerprint density at radius 1 is 1.12 bits per heavy atom. The molecule has 1 rings (SSSR count). The van der Waals surface area contributed by atoms with Crippen molar-refractivity contribution in [2.75, 3.05) is 0 Å². The van der Waals surface area contributed by atoms with Crippen molar-refractivity contribution >= 4 is 23.2 Å². The molecule has 1 aromatic carbocycles. The van der Waals surface area contributed by atoms with Crippen LogP contribution in [0.15, 0.2) is 18.2 Å². The van der Waals surface area contributed by atoms with Gasteiger partial charge in [-0.2, -0.15) is 0 Å². The zero-order valence-corrected chi connectivity index (χ0v) is 11.9. The average Bonchev–Trinajstić information content (AvgIpc) is 2.31. The Morgan fingerprint density at radius 3 is 2.24 bits per heavy atom. The number of rotatable bonds is 6. The Bertz CT molecular complexity index is 346. The Morgan fingerprint density at radius 2 is 1.71 bits per heavy atom. The zero-order valence-electron chi connectivity index (χ0n) is 10.4. The van der Waals surface area contributed by atoms with Crippen LogP contribution in [0.3, 0.4) is 0 Å². The second-order valence-electron chi connectivity index (χ2n) is 4.45. The van der Waals surface area contributed by atoms with Crippen LogP contribution in [-0.4, -0.2) is 5.11 Å².